The third-order valence-corrected chi connectivity index (χ3v) is 3.31. The first-order valence-corrected chi connectivity index (χ1v) is 6.77. The van der Waals surface area contributed by atoms with Gasteiger partial charge in [-0.3, -0.25) is 4.79 Å². The zero-order valence-electron chi connectivity index (χ0n) is 11.9. The van der Waals surface area contributed by atoms with Crippen LogP contribution in [0.25, 0.3) is 0 Å². The van der Waals surface area contributed by atoms with Gasteiger partial charge in [0.05, 0.1) is 0 Å². The number of amides is 1. The SMILES string of the molecule is Cc1cc(Br)cc(C(=O)N(C)CC(C)(C)CN)c1.Cl. The van der Waals surface area contributed by atoms with Gasteiger partial charge in [0.15, 0.2) is 0 Å². The topological polar surface area (TPSA) is 46.3 Å². The van der Waals surface area contributed by atoms with E-state index in [0.29, 0.717) is 18.7 Å². The molecule has 1 aromatic rings. The Morgan fingerprint density at radius 1 is 1.37 bits per heavy atom. The van der Waals surface area contributed by atoms with E-state index in [9.17, 15) is 4.79 Å². The van der Waals surface area contributed by atoms with Crippen LogP contribution in [0.1, 0.15) is 29.8 Å². The van der Waals surface area contributed by atoms with Crippen molar-refractivity contribution < 1.29 is 4.79 Å². The van der Waals surface area contributed by atoms with E-state index < -0.39 is 0 Å². The van der Waals surface area contributed by atoms with Crippen molar-refractivity contribution in [1.82, 2.24) is 4.90 Å². The number of hydrogen-bond donors (Lipinski definition) is 1. The maximum absolute atomic E-state index is 12.3. The summed E-state index contributed by atoms with van der Waals surface area (Å²) in [4.78, 5) is 14.0. The van der Waals surface area contributed by atoms with Gasteiger partial charge in [-0.15, -0.1) is 12.4 Å². The van der Waals surface area contributed by atoms with Crippen LogP contribution < -0.4 is 5.73 Å². The third-order valence-electron chi connectivity index (χ3n) is 2.85. The molecule has 0 fully saturated rings. The van der Waals surface area contributed by atoms with Gasteiger partial charge in [-0.2, -0.15) is 0 Å². The minimum atomic E-state index is -0.0640. The molecule has 5 heteroatoms. The molecule has 3 nitrogen and oxygen atoms in total. The number of halogens is 2. The molecule has 0 radical (unpaired) electrons. The van der Waals surface area contributed by atoms with E-state index in [-0.39, 0.29) is 23.7 Å². The Bertz CT molecular complexity index is 429. The highest BCUT2D eigenvalue weighted by molar-refractivity contribution is 9.10. The lowest BCUT2D eigenvalue weighted by Crippen LogP contribution is -2.39. The molecule has 0 unspecified atom stereocenters. The average molecular weight is 350 g/mol. The molecule has 19 heavy (non-hydrogen) atoms. The van der Waals surface area contributed by atoms with Crippen LogP contribution in [0.3, 0.4) is 0 Å². The maximum Gasteiger partial charge on any atom is 0.253 e. The number of rotatable bonds is 4. The molecule has 0 heterocycles. The van der Waals surface area contributed by atoms with Crippen molar-refractivity contribution in [2.75, 3.05) is 20.1 Å². The Balaban J connectivity index is 0.00000324. The molecule has 0 aliphatic carbocycles. The molecule has 0 saturated heterocycles. The van der Waals surface area contributed by atoms with Gasteiger partial charge in [0, 0.05) is 23.6 Å². The summed E-state index contributed by atoms with van der Waals surface area (Å²) in [6.45, 7) is 7.30. The second-order valence-corrected chi connectivity index (χ2v) is 6.46. The van der Waals surface area contributed by atoms with Crippen molar-refractivity contribution in [2.24, 2.45) is 11.1 Å². The molecule has 0 atom stereocenters. The van der Waals surface area contributed by atoms with Gasteiger partial charge in [0.25, 0.3) is 5.91 Å². The highest BCUT2D eigenvalue weighted by atomic mass is 79.9. The molecule has 0 bridgehead atoms. The van der Waals surface area contributed by atoms with Gasteiger partial charge in [-0.05, 0) is 42.6 Å². The summed E-state index contributed by atoms with van der Waals surface area (Å²) in [5.41, 5.74) is 7.41. The number of benzene rings is 1. The van der Waals surface area contributed by atoms with E-state index in [2.05, 4.69) is 29.8 Å². The molecule has 2 N–H and O–H groups in total. The van der Waals surface area contributed by atoms with E-state index >= 15 is 0 Å². The molecule has 0 aromatic heterocycles. The fourth-order valence-corrected chi connectivity index (χ4v) is 2.47. The van der Waals surface area contributed by atoms with Crippen molar-refractivity contribution >= 4 is 34.2 Å². The monoisotopic (exact) mass is 348 g/mol. The number of carbonyl (C=O) groups excluding carboxylic acids is 1. The number of nitrogens with zero attached hydrogens (tertiary/aromatic N) is 1. The van der Waals surface area contributed by atoms with Crippen LogP contribution in [0.2, 0.25) is 0 Å². The Morgan fingerprint density at radius 3 is 2.42 bits per heavy atom. The quantitative estimate of drug-likeness (QED) is 0.907. The first-order valence-electron chi connectivity index (χ1n) is 5.98. The lowest BCUT2D eigenvalue weighted by molar-refractivity contribution is 0.0740. The normalized spacial score (nSPS) is 10.8. The van der Waals surface area contributed by atoms with E-state index in [1.54, 1.807) is 4.90 Å². The summed E-state index contributed by atoms with van der Waals surface area (Å²) >= 11 is 3.41. The van der Waals surface area contributed by atoms with Gasteiger partial charge in [0.1, 0.15) is 0 Å². The lowest BCUT2D eigenvalue weighted by atomic mass is 9.93. The highest BCUT2D eigenvalue weighted by Crippen LogP contribution is 2.19. The summed E-state index contributed by atoms with van der Waals surface area (Å²) in [6, 6.07) is 5.74. The highest BCUT2D eigenvalue weighted by Gasteiger charge is 2.22. The fourth-order valence-electron chi connectivity index (χ4n) is 1.86. The Hall–Kier alpha value is -0.580. The molecule has 108 valence electrons. The zero-order chi connectivity index (χ0) is 13.9. The van der Waals surface area contributed by atoms with Crippen LogP contribution in [0.5, 0.6) is 0 Å². The molecule has 0 saturated carbocycles. The molecule has 0 spiro atoms. The smallest absolute Gasteiger partial charge is 0.253 e. The van der Waals surface area contributed by atoms with Crippen LogP contribution in [0, 0.1) is 12.3 Å². The molecular formula is C14H22BrClN2O. The Morgan fingerprint density at radius 2 is 1.95 bits per heavy atom. The maximum atomic E-state index is 12.3. The van der Waals surface area contributed by atoms with Crippen molar-refractivity contribution in [2.45, 2.75) is 20.8 Å². The lowest BCUT2D eigenvalue weighted by Gasteiger charge is -2.29. The second-order valence-electron chi connectivity index (χ2n) is 5.55. The molecule has 1 rings (SSSR count). The largest absolute Gasteiger partial charge is 0.341 e. The second kappa shape index (κ2) is 7.27. The van der Waals surface area contributed by atoms with Gasteiger partial charge < -0.3 is 10.6 Å². The Kier molecular flexibility index (Phi) is 7.05. The molecule has 1 amide bonds. The predicted molar refractivity (Wildman–Crippen MR) is 85.9 cm³/mol. The summed E-state index contributed by atoms with van der Waals surface area (Å²) in [5, 5.41) is 0. The van der Waals surface area contributed by atoms with Gasteiger partial charge >= 0.3 is 0 Å². The van der Waals surface area contributed by atoms with Crippen molar-refractivity contribution in [3.05, 3.63) is 33.8 Å². The molecule has 0 aliphatic rings. The van der Waals surface area contributed by atoms with Crippen LogP contribution in [0.4, 0.5) is 0 Å². The summed E-state index contributed by atoms with van der Waals surface area (Å²) in [5.74, 6) is 0.0286. The van der Waals surface area contributed by atoms with Gasteiger partial charge in [0.2, 0.25) is 0 Å². The first-order chi connectivity index (χ1) is 8.25. The summed E-state index contributed by atoms with van der Waals surface area (Å²) in [6.07, 6.45) is 0. The Labute approximate surface area is 130 Å². The average Bonchev–Trinajstić information content (AvgIpc) is 2.26. The first kappa shape index (κ1) is 18.4. The van der Waals surface area contributed by atoms with Crippen molar-refractivity contribution in [1.29, 1.82) is 0 Å². The minimum absolute atomic E-state index is 0. The van der Waals surface area contributed by atoms with Crippen molar-refractivity contribution in [3.63, 3.8) is 0 Å². The van der Waals surface area contributed by atoms with Crippen LogP contribution in [-0.4, -0.2) is 30.9 Å². The van der Waals surface area contributed by atoms with Crippen LogP contribution >= 0.6 is 28.3 Å². The minimum Gasteiger partial charge on any atom is -0.341 e. The van der Waals surface area contributed by atoms with E-state index in [4.69, 9.17) is 5.73 Å². The number of nitrogens with two attached hydrogens (primary N) is 1. The summed E-state index contributed by atoms with van der Waals surface area (Å²) in [7, 11) is 1.82. The van der Waals surface area contributed by atoms with E-state index in [1.165, 1.54) is 0 Å². The standard InChI is InChI=1S/C14H21BrN2O.ClH/c1-10-5-11(7-12(15)6-10)13(18)17(4)9-14(2,3)8-16;/h5-7H,8-9,16H2,1-4H3;1H. The van der Waals surface area contributed by atoms with Crippen LogP contribution in [0.15, 0.2) is 22.7 Å². The van der Waals surface area contributed by atoms with Crippen molar-refractivity contribution in [3.8, 4) is 0 Å². The molecule has 1 aromatic carbocycles. The predicted octanol–water partition coefficient (Wildman–Crippen LogP) is 3.24. The van der Waals surface area contributed by atoms with Gasteiger partial charge in [-0.1, -0.05) is 29.8 Å². The molecular weight excluding hydrogens is 328 g/mol. The molecule has 0 aliphatic heterocycles. The fraction of sp³-hybridized carbons (Fsp3) is 0.500. The number of hydrogen-bond acceptors (Lipinski definition) is 2. The van der Waals surface area contributed by atoms with E-state index in [1.807, 2.05) is 32.2 Å². The van der Waals surface area contributed by atoms with Crippen LogP contribution in [-0.2, 0) is 0 Å². The van der Waals surface area contributed by atoms with E-state index in [0.717, 1.165) is 10.0 Å². The number of aryl methyl sites for hydroxylation is 1. The zero-order valence-corrected chi connectivity index (χ0v) is 14.3. The third kappa shape index (κ3) is 5.51. The van der Waals surface area contributed by atoms with Gasteiger partial charge in [-0.25, -0.2) is 0 Å². The number of carbonyl (C=O) groups is 1. The summed E-state index contributed by atoms with van der Waals surface area (Å²) < 4.78 is 0.928.